The third-order valence-corrected chi connectivity index (χ3v) is 6.73. The Bertz CT molecular complexity index is 686. The molecular formula is C24H36O2. The molecule has 2 nitrogen and oxygen atoms in total. The molecule has 0 bridgehead atoms. The average molecular weight is 357 g/mol. The molecule has 0 amide bonds. The number of aryl methyl sites for hydroxylation is 2. The number of esters is 1. The van der Waals surface area contributed by atoms with Crippen molar-refractivity contribution in [2.45, 2.75) is 86.5 Å². The van der Waals surface area contributed by atoms with Crippen molar-refractivity contribution in [1.29, 1.82) is 0 Å². The smallest absolute Gasteiger partial charge is 0.308 e. The topological polar surface area (TPSA) is 26.3 Å². The SMILES string of the molecule is CCc1cc([C@H](C)CC[C@]2(C)C(C)=CC[C@H]2C)c(CC)cc1OC(C)=O. The lowest BCUT2D eigenvalue weighted by molar-refractivity contribution is -0.131. The maximum absolute atomic E-state index is 11.4. The number of carbonyl (C=O) groups is 1. The van der Waals surface area contributed by atoms with Crippen LogP contribution in [0.25, 0.3) is 0 Å². The summed E-state index contributed by atoms with van der Waals surface area (Å²) in [5, 5.41) is 0. The first-order chi connectivity index (χ1) is 12.2. The molecule has 0 saturated heterocycles. The van der Waals surface area contributed by atoms with Crippen molar-refractivity contribution in [1.82, 2.24) is 0 Å². The highest BCUT2D eigenvalue weighted by molar-refractivity contribution is 5.70. The van der Waals surface area contributed by atoms with Crippen LogP contribution in [0.15, 0.2) is 23.8 Å². The van der Waals surface area contributed by atoms with Gasteiger partial charge in [0.15, 0.2) is 0 Å². The molecule has 1 aromatic carbocycles. The van der Waals surface area contributed by atoms with Gasteiger partial charge in [-0.2, -0.15) is 0 Å². The van der Waals surface area contributed by atoms with Gasteiger partial charge in [0, 0.05) is 6.92 Å². The minimum absolute atomic E-state index is 0.243. The van der Waals surface area contributed by atoms with Crippen LogP contribution in [0.4, 0.5) is 0 Å². The van der Waals surface area contributed by atoms with Gasteiger partial charge in [-0.15, -0.1) is 0 Å². The van der Waals surface area contributed by atoms with Crippen LogP contribution < -0.4 is 4.74 Å². The number of hydrogen-bond acceptors (Lipinski definition) is 2. The first kappa shape index (κ1) is 20.7. The number of ether oxygens (including phenoxy) is 1. The van der Waals surface area contributed by atoms with Crippen molar-refractivity contribution in [3.8, 4) is 5.75 Å². The molecule has 26 heavy (non-hydrogen) atoms. The molecule has 0 fully saturated rings. The Morgan fingerprint density at radius 1 is 1.27 bits per heavy atom. The number of hydrogen-bond donors (Lipinski definition) is 0. The summed E-state index contributed by atoms with van der Waals surface area (Å²) in [5.74, 6) is 1.74. The molecule has 2 heteroatoms. The van der Waals surface area contributed by atoms with Crippen molar-refractivity contribution < 1.29 is 9.53 Å². The van der Waals surface area contributed by atoms with Crippen LogP contribution in [0.2, 0.25) is 0 Å². The van der Waals surface area contributed by atoms with Crippen molar-refractivity contribution in [2.24, 2.45) is 11.3 Å². The van der Waals surface area contributed by atoms with Gasteiger partial charge >= 0.3 is 5.97 Å². The van der Waals surface area contributed by atoms with Crippen LogP contribution in [-0.4, -0.2) is 5.97 Å². The fourth-order valence-electron chi connectivity index (χ4n) is 4.33. The lowest BCUT2D eigenvalue weighted by Gasteiger charge is -2.33. The molecule has 0 spiro atoms. The molecule has 1 aliphatic carbocycles. The molecule has 0 heterocycles. The first-order valence-corrected chi connectivity index (χ1v) is 10.2. The zero-order valence-corrected chi connectivity index (χ0v) is 17.7. The Morgan fingerprint density at radius 3 is 2.42 bits per heavy atom. The van der Waals surface area contributed by atoms with E-state index in [1.54, 1.807) is 5.57 Å². The maximum atomic E-state index is 11.4. The lowest BCUT2D eigenvalue weighted by Crippen LogP contribution is -2.23. The van der Waals surface area contributed by atoms with Crippen LogP contribution in [0.1, 0.15) is 90.3 Å². The van der Waals surface area contributed by atoms with E-state index in [2.05, 4.69) is 59.8 Å². The molecule has 0 saturated carbocycles. The van der Waals surface area contributed by atoms with Crippen LogP contribution in [0.3, 0.4) is 0 Å². The predicted octanol–water partition coefficient (Wildman–Crippen LogP) is 6.61. The zero-order chi connectivity index (χ0) is 19.5. The molecule has 0 unspecified atom stereocenters. The molecule has 3 atom stereocenters. The van der Waals surface area contributed by atoms with Crippen molar-refractivity contribution in [3.05, 3.63) is 40.5 Å². The van der Waals surface area contributed by atoms with Gasteiger partial charge in [-0.1, -0.05) is 52.3 Å². The fourth-order valence-corrected chi connectivity index (χ4v) is 4.33. The Balaban J connectivity index is 2.23. The Kier molecular flexibility index (Phi) is 6.71. The monoisotopic (exact) mass is 356 g/mol. The minimum atomic E-state index is -0.243. The summed E-state index contributed by atoms with van der Waals surface area (Å²) < 4.78 is 5.45. The molecular weight excluding hydrogens is 320 g/mol. The normalized spacial score (nSPS) is 23.7. The van der Waals surface area contributed by atoms with Gasteiger partial charge in [0.2, 0.25) is 0 Å². The molecule has 0 aromatic heterocycles. The summed E-state index contributed by atoms with van der Waals surface area (Å²) in [4.78, 5) is 11.4. The Morgan fingerprint density at radius 2 is 1.92 bits per heavy atom. The second-order valence-electron chi connectivity index (χ2n) is 8.34. The maximum Gasteiger partial charge on any atom is 0.308 e. The highest BCUT2D eigenvalue weighted by atomic mass is 16.5. The number of rotatable bonds is 7. The van der Waals surface area contributed by atoms with Crippen molar-refractivity contribution >= 4 is 5.97 Å². The molecule has 0 N–H and O–H groups in total. The number of allylic oxidation sites excluding steroid dienone is 2. The summed E-state index contributed by atoms with van der Waals surface area (Å²) >= 11 is 0. The van der Waals surface area contributed by atoms with Crippen molar-refractivity contribution in [2.75, 3.05) is 0 Å². The Labute approximate surface area is 160 Å². The molecule has 0 radical (unpaired) electrons. The largest absolute Gasteiger partial charge is 0.426 e. The van der Waals surface area contributed by atoms with E-state index in [0.29, 0.717) is 11.3 Å². The lowest BCUT2D eigenvalue weighted by atomic mass is 9.71. The third kappa shape index (κ3) is 4.22. The van der Waals surface area contributed by atoms with E-state index in [-0.39, 0.29) is 5.97 Å². The second kappa shape index (κ2) is 8.41. The quantitative estimate of drug-likeness (QED) is 0.312. The predicted molar refractivity (Wildman–Crippen MR) is 110 cm³/mol. The van der Waals surface area contributed by atoms with Gasteiger partial charge in [-0.25, -0.2) is 0 Å². The summed E-state index contributed by atoms with van der Waals surface area (Å²) in [6.07, 6.45) is 7.90. The van der Waals surface area contributed by atoms with Gasteiger partial charge in [0.1, 0.15) is 5.75 Å². The van der Waals surface area contributed by atoms with E-state index in [4.69, 9.17) is 4.74 Å². The van der Waals surface area contributed by atoms with E-state index in [0.717, 1.165) is 30.1 Å². The standard InChI is InChI=1S/C24H36O2/c1-8-20-15-23(26-19(6)25)21(9-2)14-22(20)16(3)12-13-24(7)17(4)10-11-18(24)5/h10,14-16,18H,8-9,11-13H2,1-7H3/t16-,18-,24-/m1/s1. The molecule has 1 aliphatic rings. The van der Waals surface area contributed by atoms with Gasteiger partial charge in [-0.3, -0.25) is 4.79 Å². The van der Waals surface area contributed by atoms with Crippen LogP contribution in [0.5, 0.6) is 5.75 Å². The zero-order valence-electron chi connectivity index (χ0n) is 17.7. The number of carbonyl (C=O) groups excluding carboxylic acids is 1. The van der Waals surface area contributed by atoms with E-state index in [1.165, 1.54) is 37.3 Å². The second-order valence-corrected chi connectivity index (χ2v) is 8.34. The molecule has 1 aromatic rings. The summed E-state index contributed by atoms with van der Waals surface area (Å²) in [6.45, 7) is 15.3. The van der Waals surface area contributed by atoms with E-state index in [9.17, 15) is 4.79 Å². The van der Waals surface area contributed by atoms with E-state index >= 15 is 0 Å². The third-order valence-electron chi connectivity index (χ3n) is 6.73. The number of benzene rings is 1. The van der Waals surface area contributed by atoms with Crippen LogP contribution in [0, 0.1) is 11.3 Å². The van der Waals surface area contributed by atoms with E-state index < -0.39 is 0 Å². The molecule has 0 aliphatic heterocycles. The first-order valence-electron chi connectivity index (χ1n) is 10.2. The Hall–Kier alpha value is -1.57. The van der Waals surface area contributed by atoms with Gasteiger partial charge < -0.3 is 4.74 Å². The summed E-state index contributed by atoms with van der Waals surface area (Å²) in [7, 11) is 0. The summed E-state index contributed by atoms with van der Waals surface area (Å²) in [5.41, 5.74) is 5.77. The fraction of sp³-hybridized carbons (Fsp3) is 0.625. The van der Waals surface area contributed by atoms with E-state index in [1.807, 2.05) is 0 Å². The van der Waals surface area contributed by atoms with Crippen molar-refractivity contribution in [3.63, 3.8) is 0 Å². The van der Waals surface area contributed by atoms with Gasteiger partial charge in [-0.05, 0) is 79.0 Å². The van der Waals surface area contributed by atoms with Gasteiger partial charge in [0.05, 0.1) is 0 Å². The highest BCUT2D eigenvalue weighted by Crippen LogP contribution is 2.48. The minimum Gasteiger partial charge on any atom is -0.426 e. The average Bonchev–Trinajstić information content (AvgIpc) is 2.86. The molecule has 2 rings (SSSR count). The molecule has 144 valence electrons. The summed E-state index contributed by atoms with van der Waals surface area (Å²) in [6, 6.07) is 4.38. The van der Waals surface area contributed by atoms with Gasteiger partial charge in [0.25, 0.3) is 0 Å². The van der Waals surface area contributed by atoms with Crippen LogP contribution in [-0.2, 0) is 17.6 Å². The van der Waals surface area contributed by atoms with Crippen LogP contribution >= 0.6 is 0 Å². The highest BCUT2D eigenvalue weighted by Gasteiger charge is 2.36.